The molecular formula is C70H120N2O7P+. The van der Waals surface area contributed by atoms with Crippen LogP contribution in [0.4, 0.5) is 0 Å². The van der Waals surface area contributed by atoms with Crippen molar-refractivity contribution in [2.45, 2.75) is 258 Å². The molecule has 2 N–H and O–H groups in total. The van der Waals surface area contributed by atoms with Crippen LogP contribution in [0.15, 0.2) is 134 Å². The van der Waals surface area contributed by atoms with Crippen LogP contribution in [-0.2, 0) is 27.9 Å². The number of rotatable bonds is 56. The largest absolute Gasteiger partial charge is 0.472 e. The molecule has 0 spiro atoms. The number of carbonyl (C=O) groups excluding carboxylic acids is 2. The lowest BCUT2D eigenvalue weighted by Crippen LogP contribution is -2.47. The fourth-order valence-electron chi connectivity index (χ4n) is 8.46. The molecule has 0 radical (unpaired) electrons. The molecule has 0 aromatic rings. The number of ether oxygens (including phenoxy) is 1. The molecule has 0 saturated heterocycles. The summed E-state index contributed by atoms with van der Waals surface area (Å²) in [7, 11) is 1.45. The van der Waals surface area contributed by atoms with Crippen LogP contribution in [0.5, 0.6) is 0 Å². The van der Waals surface area contributed by atoms with E-state index in [1.165, 1.54) is 70.6 Å². The van der Waals surface area contributed by atoms with Crippen LogP contribution in [0.3, 0.4) is 0 Å². The van der Waals surface area contributed by atoms with Crippen molar-refractivity contribution in [2.75, 3.05) is 40.9 Å². The van der Waals surface area contributed by atoms with Gasteiger partial charge in [-0.05, 0) is 122 Å². The number of phosphoric acid groups is 1. The van der Waals surface area contributed by atoms with E-state index in [0.29, 0.717) is 23.9 Å². The van der Waals surface area contributed by atoms with E-state index < -0.39 is 20.0 Å². The Hall–Kier alpha value is -3.85. The highest BCUT2D eigenvalue weighted by molar-refractivity contribution is 7.47. The SMILES string of the molecule is CC/C=C\C/C=C\C/C=C\C/C=C\C/C=C\CCCCCCCCCC(=O)OC(/C=C/CCCCCCCCCCCC)C(COP(=O)(O)OCC[N+](C)(C)C)NC(=O)CCCCC/C=C\C/C=C\C/C=C\C/C=C\C/C=C\CC. The zero-order valence-electron chi connectivity index (χ0n) is 52.0. The van der Waals surface area contributed by atoms with Gasteiger partial charge in [0.1, 0.15) is 19.3 Å². The van der Waals surface area contributed by atoms with Gasteiger partial charge in [0.25, 0.3) is 0 Å². The molecule has 10 heteroatoms. The van der Waals surface area contributed by atoms with Crippen LogP contribution in [0.2, 0.25) is 0 Å². The minimum Gasteiger partial charge on any atom is -0.456 e. The lowest BCUT2D eigenvalue weighted by Gasteiger charge is -2.27. The van der Waals surface area contributed by atoms with Crippen molar-refractivity contribution >= 4 is 19.7 Å². The fourth-order valence-corrected chi connectivity index (χ4v) is 9.20. The van der Waals surface area contributed by atoms with Crippen LogP contribution in [0.25, 0.3) is 0 Å². The van der Waals surface area contributed by atoms with E-state index in [9.17, 15) is 19.0 Å². The lowest BCUT2D eigenvalue weighted by atomic mass is 10.0. The van der Waals surface area contributed by atoms with Crippen molar-refractivity contribution in [1.82, 2.24) is 5.32 Å². The molecule has 0 aromatic carbocycles. The molecule has 0 fully saturated rings. The third-order valence-electron chi connectivity index (χ3n) is 13.3. The van der Waals surface area contributed by atoms with Gasteiger partial charge in [-0.2, -0.15) is 0 Å². The first-order valence-corrected chi connectivity index (χ1v) is 33.5. The molecule has 0 aliphatic heterocycles. The van der Waals surface area contributed by atoms with E-state index in [1.54, 1.807) is 0 Å². The molecule has 0 rings (SSSR count). The summed E-state index contributed by atoms with van der Waals surface area (Å²) < 4.78 is 30.7. The van der Waals surface area contributed by atoms with E-state index in [2.05, 4.69) is 148 Å². The number of carbonyl (C=O) groups is 2. The Morgan fingerprint density at radius 1 is 0.450 bits per heavy atom. The zero-order chi connectivity index (χ0) is 58.6. The number of amides is 1. The van der Waals surface area contributed by atoms with Gasteiger partial charge in [-0.1, -0.05) is 245 Å². The van der Waals surface area contributed by atoms with Crippen molar-refractivity contribution in [1.29, 1.82) is 0 Å². The summed E-state index contributed by atoms with van der Waals surface area (Å²) in [5.41, 5.74) is 0. The van der Waals surface area contributed by atoms with E-state index in [0.717, 1.165) is 128 Å². The maximum atomic E-state index is 13.6. The standard InChI is InChI=1S/C70H119N2O7P/c1-7-10-13-16-19-22-25-28-30-32-34-35-36-37-39-41-43-45-48-51-54-57-60-63-70(74)79-68(61-58-55-52-49-46-27-24-21-18-15-12-9-3)67(66-78-80(75,76)77-65-64-72(4,5)6)71-69(73)62-59-56-53-50-47-44-42-40-38-33-31-29-26-23-20-17-14-11-8-2/h10-11,13-14,19-20,22-23,28-31,34-35,37-40,44,47,58,61,67-68H,7-9,12,15-18,21,24-27,32-33,36,41-43,45-46,48-57,59-60,62-66H2,1-6H3,(H-,71,73,75,76)/p+1/b13-10-,14-11-,22-19-,23-20-,30-28-,31-29-,35-34-,39-37-,40-38-,47-44-,61-58+. The first kappa shape index (κ1) is 76.1. The van der Waals surface area contributed by atoms with Gasteiger partial charge in [0.15, 0.2) is 0 Å². The zero-order valence-corrected chi connectivity index (χ0v) is 52.9. The number of esters is 1. The van der Waals surface area contributed by atoms with Gasteiger partial charge in [-0.3, -0.25) is 18.6 Å². The number of nitrogens with zero attached hydrogens (tertiary/aromatic N) is 1. The predicted octanol–water partition coefficient (Wildman–Crippen LogP) is 20.1. The van der Waals surface area contributed by atoms with Gasteiger partial charge in [0.2, 0.25) is 5.91 Å². The summed E-state index contributed by atoms with van der Waals surface area (Å²) in [6.45, 7) is 6.73. The normalized spacial score (nSPS) is 14.5. The molecule has 0 heterocycles. The molecule has 0 aliphatic rings. The Bertz CT molecular complexity index is 1830. The summed E-state index contributed by atoms with van der Waals surface area (Å²) >= 11 is 0. The summed E-state index contributed by atoms with van der Waals surface area (Å²) in [5.74, 6) is -0.564. The number of unbranched alkanes of at least 4 members (excludes halogenated alkanes) is 20. The first-order chi connectivity index (χ1) is 38.9. The average molecular weight is 1130 g/mol. The molecule has 3 atom stereocenters. The second-order valence-electron chi connectivity index (χ2n) is 22.2. The van der Waals surface area contributed by atoms with Crippen molar-refractivity contribution in [2.24, 2.45) is 0 Å². The molecular weight excluding hydrogens is 1010 g/mol. The van der Waals surface area contributed by atoms with Gasteiger partial charge in [-0.25, -0.2) is 4.57 Å². The predicted molar refractivity (Wildman–Crippen MR) is 346 cm³/mol. The van der Waals surface area contributed by atoms with Crippen LogP contribution in [0.1, 0.15) is 245 Å². The molecule has 80 heavy (non-hydrogen) atoms. The number of hydrogen-bond acceptors (Lipinski definition) is 6. The highest BCUT2D eigenvalue weighted by Gasteiger charge is 2.30. The van der Waals surface area contributed by atoms with Crippen LogP contribution < -0.4 is 5.32 Å². The number of nitrogens with one attached hydrogen (secondary N) is 1. The van der Waals surface area contributed by atoms with Crippen molar-refractivity contribution in [3.63, 3.8) is 0 Å². The minimum absolute atomic E-state index is 0.0240. The molecule has 456 valence electrons. The Morgan fingerprint density at radius 3 is 1.21 bits per heavy atom. The molecule has 3 unspecified atom stereocenters. The van der Waals surface area contributed by atoms with Gasteiger partial charge < -0.3 is 19.4 Å². The van der Waals surface area contributed by atoms with E-state index in [4.69, 9.17) is 13.8 Å². The number of phosphoric ester groups is 1. The maximum absolute atomic E-state index is 13.6. The lowest BCUT2D eigenvalue weighted by molar-refractivity contribution is -0.870. The van der Waals surface area contributed by atoms with Crippen molar-refractivity contribution in [3.8, 4) is 0 Å². The third-order valence-corrected chi connectivity index (χ3v) is 14.3. The summed E-state index contributed by atoms with van der Waals surface area (Å²) in [4.78, 5) is 37.8. The monoisotopic (exact) mass is 1130 g/mol. The van der Waals surface area contributed by atoms with Crippen LogP contribution in [-0.4, -0.2) is 74.3 Å². The Balaban J connectivity index is 5.30. The summed E-state index contributed by atoms with van der Waals surface area (Å²) in [6.07, 6.45) is 83.1. The van der Waals surface area contributed by atoms with Gasteiger partial charge in [0, 0.05) is 12.8 Å². The number of allylic oxidation sites excluding steroid dienone is 21. The molecule has 1 amide bonds. The van der Waals surface area contributed by atoms with Gasteiger partial charge >= 0.3 is 13.8 Å². The second-order valence-corrected chi connectivity index (χ2v) is 23.6. The average Bonchev–Trinajstić information content (AvgIpc) is 3.43. The van der Waals surface area contributed by atoms with Crippen molar-refractivity contribution < 1.29 is 37.3 Å². The smallest absolute Gasteiger partial charge is 0.456 e. The maximum Gasteiger partial charge on any atom is 0.472 e. The Kier molecular flexibility index (Phi) is 55.5. The van der Waals surface area contributed by atoms with Gasteiger partial charge in [-0.15, -0.1) is 0 Å². The molecule has 0 bridgehead atoms. The number of likely N-dealkylation sites (N-methyl/N-ethyl adjacent to an activating group) is 1. The first-order valence-electron chi connectivity index (χ1n) is 32.0. The summed E-state index contributed by atoms with van der Waals surface area (Å²) in [5, 5.41) is 3.03. The fraction of sp³-hybridized carbons (Fsp3) is 0.657. The highest BCUT2D eigenvalue weighted by Crippen LogP contribution is 2.43. The molecule has 0 aliphatic carbocycles. The third kappa shape index (κ3) is 58.8. The molecule has 0 saturated carbocycles. The van der Waals surface area contributed by atoms with Gasteiger partial charge in [0.05, 0.1) is 33.8 Å². The number of hydrogen-bond donors (Lipinski definition) is 2. The minimum atomic E-state index is -4.47. The molecule has 9 nitrogen and oxygen atoms in total. The van der Waals surface area contributed by atoms with Crippen LogP contribution in [0, 0.1) is 0 Å². The van der Waals surface area contributed by atoms with Crippen molar-refractivity contribution in [3.05, 3.63) is 134 Å². The molecule has 0 aromatic heterocycles. The van der Waals surface area contributed by atoms with Crippen LogP contribution >= 0.6 is 7.82 Å². The number of quaternary nitrogens is 1. The van der Waals surface area contributed by atoms with E-state index in [1.807, 2.05) is 33.3 Å². The van der Waals surface area contributed by atoms with E-state index in [-0.39, 0.29) is 37.9 Å². The topological polar surface area (TPSA) is 111 Å². The highest BCUT2D eigenvalue weighted by atomic mass is 31.2. The quantitative estimate of drug-likeness (QED) is 0.0205. The second kappa shape index (κ2) is 58.4. The van der Waals surface area contributed by atoms with E-state index >= 15 is 0 Å². The Labute approximate surface area is 492 Å². The summed E-state index contributed by atoms with van der Waals surface area (Å²) in [6, 6.07) is -0.881. The Morgan fingerprint density at radius 2 is 0.800 bits per heavy atom.